The first-order chi connectivity index (χ1) is 14.0. The lowest BCUT2D eigenvalue weighted by molar-refractivity contribution is 0.0261. The van der Waals surface area contributed by atoms with Gasteiger partial charge in [0.25, 0.3) is 5.91 Å². The van der Waals surface area contributed by atoms with Gasteiger partial charge in [-0.2, -0.15) is 0 Å². The number of hydrogen-bond acceptors (Lipinski definition) is 4. The fraction of sp³-hybridized carbons (Fsp3) is 0.318. The van der Waals surface area contributed by atoms with Gasteiger partial charge in [0.05, 0.1) is 11.1 Å². The highest BCUT2D eigenvalue weighted by Crippen LogP contribution is 2.37. The van der Waals surface area contributed by atoms with E-state index >= 15 is 0 Å². The highest BCUT2D eigenvalue weighted by atomic mass is 16.6. The molecular weight excluding hydrogens is 368 g/mol. The van der Waals surface area contributed by atoms with Gasteiger partial charge >= 0.3 is 6.09 Å². The second-order valence-electron chi connectivity index (χ2n) is 7.57. The van der Waals surface area contributed by atoms with Crippen LogP contribution in [0.3, 0.4) is 0 Å². The van der Waals surface area contributed by atoms with Crippen molar-refractivity contribution in [2.24, 2.45) is 5.73 Å². The topological polar surface area (TPSA) is 101 Å². The average molecular weight is 392 g/mol. The Morgan fingerprint density at radius 1 is 1.17 bits per heavy atom. The number of ether oxygens (including phenoxy) is 1. The summed E-state index contributed by atoms with van der Waals surface area (Å²) in [7, 11) is 0. The molecule has 0 bridgehead atoms. The molecule has 1 atom stereocenters. The van der Waals surface area contributed by atoms with Crippen LogP contribution >= 0.6 is 0 Å². The molecule has 1 aliphatic heterocycles. The number of rotatable bonds is 4. The molecule has 1 unspecified atom stereocenters. The molecule has 2 heterocycles. The van der Waals surface area contributed by atoms with E-state index in [0.717, 1.165) is 30.3 Å². The molecule has 1 aliphatic rings. The Bertz CT molecular complexity index is 1050. The second kappa shape index (κ2) is 7.58. The smallest absolute Gasteiger partial charge is 0.410 e. The first-order valence-electron chi connectivity index (χ1n) is 9.76. The van der Waals surface area contributed by atoms with E-state index in [-0.39, 0.29) is 12.7 Å². The van der Waals surface area contributed by atoms with Gasteiger partial charge in [-0.25, -0.2) is 9.78 Å². The van der Waals surface area contributed by atoms with Gasteiger partial charge < -0.3 is 15.5 Å². The number of aromatic amines is 1. The molecule has 0 spiro atoms. The number of nitrogens with one attached hydrogen (secondary N) is 1. The number of H-pyrrole nitrogens is 1. The zero-order chi connectivity index (χ0) is 20.4. The molecule has 0 radical (unpaired) electrons. The Morgan fingerprint density at radius 3 is 2.72 bits per heavy atom. The van der Waals surface area contributed by atoms with Crippen LogP contribution in [0.5, 0.6) is 0 Å². The Kier molecular flexibility index (Phi) is 4.96. The molecule has 3 N–H and O–H groups in total. The third-order valence-corrected chi connectivity index (χ3v) is 5.60. The van der Waals surface area contributed by atoms with E-state index < -0.39 is 11.4 Å². The number of imidazole rings is 1. The number of primary amides is 1. The second-order valence-corrected chi connectivity index (χ2v) is 7.57. The van der Waals surface area contributed by atoms with E-state index in [1.165, 1.54) is 0 Å². The summed E-state index contributed by atoms with van der Waals surface area (Å²) in [5.74, 6) is 0.110. The van der Waals surface area contributed by atoms with E-state index in [1.807, 2.05) is 43.3 Å². The zero-order valence-corrected chi connectivity index (χ0v) is 16.4. The van der Waals surface area contributed by atoms with E-state index in [2.05, 4.69) is 9.97 Å². The van der Waals surface area contributed by atoms with E-state index in [0.29, 0.717) is 23.4 Å². The van der Waals surface area contributed by atoms with Crippen LogP contribution in [-0.2, 0) is 16.9 Å². The van der Waals surface area contributed by atoms with Crippen LogP contribution in [0.1, 0.15) is 47.9 Å². The van der Waals surface area contributed by atoms with Crippen molar-refractivity contribution in [3.8, 4) is 0 Å². The average Bonchev–Trinajstić information content (AvgIpc) is 3.18. The van der Waals surface area contributed by atoms with Gasteiger partial charge in [-0.1, -0.05) is 36.4 Å². The van der Waals surface area contributed by atoms with Crippen molar-refractivity contribution in [3.63, 3.8) is 0 Å². The first-order valence-corrected chi connectivity index (χ1v) is 9.76. The normalized spacial score (nSPS) is 19.3. The number of para-hydroxylation sites is 1. The van der Waals surface area contributed by atoms with E-state index in [1.54, 1.807) is 17.0 Å². The minimum atomic E-state index is -0.653. The van der Waals surface area contributed by atoms with E-state index in [4.69, 9.17) is 10.5 Å². The van der Waals surface area contributed by atoms with Crippen LogP contribution in [0.4, 0.5) is 4.79 Å². The SMILES string of the molecule is CC1(c2nc3c(C(N)=O)cccc3[nH]2)CCCCN1C(=O)OCc1ccccc1. The fourth-order valence-corrected chi connectivity index (χ4v) is 3.94. The maximum Gasteiger partial charge on any atom is 0.410 e. The molecule has 7 nitrogen and oxygen atoms in total. The van der Waals surface area contributed by atoms with Gasteiger partial charge in [0.2, 0.25) is 0 Å². The molecule has 29 heavy (non-hydrogen) atoms. The number of likely N-dealkylation sites (tertiary alicyclic amines) is 1. The fourth-order valence-electron chi connectivity index (χ4n) is 3.94. The molecule has 0 saturated carbocycles. The van der Waals surface area contributed by atoms with Crippen LogP contribution in [0.2, 0.25) is 0 Å². The summed E-state index contributed by atoms with van der Waals surface area (Å²) in [6.07, 6.45) is 2.26. The van der Waals surface area contributed by atoms with Gasteiger partial charge in [0.1, 0.15) is 23.5 Å². The number of amides is 2. The van der Waals surface area contributed by atoms with Crippen LogP contribution in [0.15, 0.2) is 48.5 Å². The molecule has 1 fully saturated rings. The number of carbonyl (C=O) groups is 2. The quantitative estimate of drug-likeness (QED) is 0.707. The van der Waals surface area contributed by atoms with Crippen molar-refractivity contribution in [2.75, 3.05) is 6.54 Å². The van der Waals surface area contributed by atoms with Crippen LogP contribution in [-0.4, -0.2) is 33.4 Å². The molecule has 2 amide bonds. The lowest BCUT2D eigenvalue weighted by atomic mass is 9.88. The van der Waals surface area contributed by atoms with Crippen LogP contribution < -0.4 is 5.73 Å². The lowest BCUT2D eigenvalue weighted by Crippen LogP contribution is -2.51. The Morgan fingerprint density at radius 2 is 1.97 bits per heavy atom. The molecule has 4 rings (SSSR count). The predicted octanol–water partition coefficient (Wildman–Crippen LogP) is 3.70. The van der Waals surface area contributed by atoms with Gasteiger partial charge in [0.15, 0.2) is 0 Å². The number of aromatic nitrogens is 2. The molecule has 2 aromatic carbocycles. The summed E-state index contributed by atoms with van der Waals surface area (Å²) in [6.45, 7) is 2.79. The molecule has 3 aromatic rings. The predicted molar refractivity (Wildman–Crippen MR) is 109 cm³/mol. The highest BCUT2D eigenvalue weighted by Gasteiger charge is 2.42. The standard InChI is InChI=1S/C22H24N4O3/c1-22(20-24-17-11-7-10-16(19(23)27)18(17)25-20)12-5-6-13-26(22)21(28)29-14-15-8-3-2-4-9-15/h2-4,7-11H,5-6,12-14H2,1H3,(H2,23,27)(H,24,25). The van der Waals surface area contributed by atoms with Crippen LogP contribution in [0.25, 0.3) is 11.0 Å². The number of piperidine rings is 1. The maximum absolute atomic E-state index is 12.9. The van der Waals surface area contributed by atoms with Crippen molar-refractivity contribution in [3.05, 3.63) is 65.5 Å². The molecule has 1 aromatic heterocycles. The molecule has 150 valence electrons. The first kappa shape index (κ1) is 19.0. The van der Waals surface area contributed by atoms with Crippen molar-refractivity contribution >= 4 is 23.0 Å². The van der Waals surface area contributed by atoms with Crippen molar-refractivity contribution in [1.82, 2.24) is 14.9 Å². The summed E-state index contributed by atoms with van der Waals surface area (Å²) < 4.78 is 5.59. The lowest BCUT2D eigenvalue weighted by Gasteiger charge is -2.42. The third-order valence-electron chi connectivity index (χ3n) is 5.60. The molecular formula is C22H24N4O3. The third kappa shape index (κ3) is 3.55. The minimum absolute atomic E-state index is 0.220. The monoisotopic (exact) mass is 392 g/mol. The van der Waals surface area contributed by atoms with Crippen LogP contribution in [0, 0.1) is 0 Å². The number of nitrogens with two attached hydrogens (primary N) is 1. The molecule has 7 heteroatoms. The number of hydrogen-bond donors (Lipinski definition) is 2. The maximum atomic E-state index is 12.9. The van der Waals surface area contributed by atoms with Gasteiger partial charge in [0, 0.05) is 6.54 Å². The Labute approximate surface area is 168 Å². The number of fused-ring (bicyclic) bond motifs is 1. The number of benzene rings is 2. The zero-order valence-electron chi connectivity index (χ0n) is 16.4. The summed E-state index contributed by atoms with van der Waals surface area (Å²) in [5.41, 5.74) is 7.39. The molecule has 1 saturated heterocycles. The summed E-state index contributed by atoms with van der Waals surface area (Å²) >= 11 is 0. The van der Waals surface area contributed by atoms with Crippen molar-refractivity contribution in [1.29, 1.82) is 0 Å². The van der Waals surface area contributed by atoms with E-state index in [9.17, 15) is 9.59 Å². The van der Waals surface area contributed by atoms with Crippen molar-refractivity contribution in [2.45, 2.75) is 38.3 Å². The van der Waals surface area contributed by atoms with Crippen molar-refractivity contribution < 1.29 is 14.3 Å². The Hall–Kier alpha value is -3.35. The molecule has 0 aliphatic carbocycles. The van der Waals surface area contributed by atoms with Gasteiger partial charge in [-0.15, -0.1) is 0 Å². The highest BCUT2D eigenvalue weighted by molar-refractivity contribution is 6.04. The number of nitrogens with zero attached hydrogens (tertiary/aromatic N) is 2. The van der Waals surface area contributed by atoms with Gasteiger partial charge in [-0.3, -0.25) is 9.69 Å². The largest absolute Gasteiger partial charge is 0.445 e. The summed E-state index contributed by atoms with van der Waals surface area (Å²) in [5, 5.41) is 0. The Balaban J connectivity index is 1.63. The number of carbonyl (C=O) groups excluding carboxylic acids is 2. The van der Waals surface area contributed by atoms with Gasteiger partial charge in [-0.05, 0) is 43.9 Å². The minimum Gasteiger partial charge on any atom is -0.445 e. The summed E-state index contributed by atoms with van der Waals surface area (Å²) in [6, 6.07) is 14.9. The summed E-state index contributed by atoms with van der Waals surface area (Å²) in [4.78, 5) is 34.4.